The van der Waals surface area contributed by atoms with Gasteiger partial charge in [-0.15, -0.1) is 0 Å². The van der Waals surface area contributed by atoms with Crippen LogP contribution in [0.25, 0.3) is 0 Å². The van der Waals surface area contributed by atoms with Crippen molar-refractivity contribution in [2.45, 2.75) is 78.0 Å². The number of hydrogen-bond donors (Lipinski definition) is 10. The van der Waals surface area contributed by atoms with E-state index in [-0.39, 0.29) is 5.92 Å². The molecular weight excluding hydrogens is 576 g/mol. The zero-order valence-corrected chi connectivity index (χ0v) is 24.8. The molecule has 0 aliphatic heterocycles. The van der Waals surface area contributed by atoms with Gasteiger partial charge in [-0.1, -0.05) is 34.1 Å². The highest BCUT2D eigenvalue weighted by molar-refractivity contribution is 5.95. The van der Waals surface area contributed by atoms with Crippen LogP contribution < -0.4 is 32.3 Å². The Morgan fingerprint density at radius 2 is 1.26 bits per heavy atom. The van der Waals surface area contributed by atoms with E-state index in [9.17, 15) is 43.8 Å². The number of nitrogens with one attached hydrogen (secondary N) is 5. The van der Waals surface area contributed by atoms with Crippen LogP contribution in [0.5, 0.6) is 0 Å². The van der Waals surface area contributed by atoms with Gasteiger partial charge in [0.05, 0.1) is 25.7 Å². The number of aliphatic hydroxyl groups is 1. The highest BCUT2D eigenvalue weighted by atomic mass is 16.4. The fourth-order valence-electron chi connectivity index (χ4n) is 3.01. The fraction of sp³-hybridized carbons (Fsp3) is 0.680. The number of carboxylic acid groups (broad SMARTS) is 3. The molecule has 0 aliphatic rings. The first-order valence-corrected chi connectivity index (χ1v) is 13.3. The van der Waals surface area contributed by atoms with Gasteiger partial charge < -0.3 is 52.7 Å². The van der Waals surface area contributed by atoms with E-state index in [1.54, 1.807) is 27.7 Å². The molecule has 0 radical (unpaired) electrons. The molecule has 43 heavy (non-hydrogen) atoms. The lowest BCUT2D eigenvalue weighted by Gasteiger charge is -2.25. The van der Waals surface area contributed by atoms with Crippen LogP contribution in [0, 0.1) is 11.8 Å². The summed E-state index contributed by atoms with van der Waals surface area (Å²) in [4.78, 5) is 92.7. The maximum absolute atomic E-state index is 12.7. The summed E-state index contributed by atoms with van der Waals surface area (Å²) in [5, 5.41) is 46.5. The average Bonchev–Trinajstić information content (AvgIpc) is 2.92. The Hall–Kier alpha value is -4.32. The minimum Gasteiger partial charge on any atom is -0.481 e. The number of hydrogen-bond acceptors (Lipinski definition) is 10. The van der Waals surface area contributed by atoms with E-state index in [1.807, 2.05) is 0 Å². The largest absolute Gasteiger partial charge is 0.481 e. The van der Waals surface area contributed by atoms with Gasteiger partial charge in [-0.25, -0.2) is 4.79 Å². The first-order chi connectivity index (χ1) is 19.9. The molecule has 18 heteroatoms. The van der Waals surface area contributed by atoms with E-state index in [0.717, 1.165) is 6.92 Å². The molecule has 11 N–H and O–H groups in total. The van der Waals surface area contributed by atoms with E-state index in [4.69, 9.17) is 20.7 Å². The van der Waals surface area contributed by atoms with Gasteiger partial charge >= 0.3 is 11.9 Å². The first kappa shape index (κ1) is 40.8. The molecule has 0 heterocycles. The summed E-state index contributed by atoms with van der Waals surface area (Å²) in [6.07, 6.45) is -0.523. The normalized spacial score (nSPS) is 13.9. The number of nitrogens with two attached hydrogens (primary N) is 1. The van der Waals surface area contributed by atoms with Crippen molar-refractivity contribution < 1.29 is 58.8 Å². The second kappa shape index (κ2) is 21.4. The minimum absolute atomic E-state index is 0.159. The zero-order chi connectivity index (χ0) is 33.9. The molecule has 5 unspecified atom stereocenters. The molecule has 0 rings (SSSR count). The van der Waals surface area contributed by atoms with Gasteiger partial charge in [-0.3, -0.25) is 33.6 Å². The molecule has 0 bridgehead atoms. The lowest BCUT2D eigenvalue weighted by molar-refractivity contribution is -0.144. The maximum atomic E-state index is 12.7. The first-order valence-electron chi connectivity index (χ1n) is 13.3. The van der Waals surface area contributed by atoms with Crippen LogP contribution >= 0.6 is 0 Å². The summed E-state index contributed by atoms with van der Waals surface area (Å²) in [5.74, 6) is -8.22. The number of aliphatic hydroxyl groups excluding tert-OH is 1. The highest BCUT2D eigenvalue weighted by Crippen LogP contribution is 2.09. The van der Waals surface area contributed by atoms with Gasteiger partial charge in [0.15, 0.2) is 0 Å². The number of carbonyl (C=O) groups is 8. The van der Waals surface area contributed by atoms with Crippen LogP contribution in [0.15, 0.2) is 0 Å². The molecule has 0 saturated carbocycles. The molecule has 0 aromatic carbocycles. The maximum Gasteiger partial charge on any atom is 0.326 e. The number of rotatable bonds is 18. The summed E-state index contributed by atoms with van der Waals surface area (Å²) in [6.45, 7) is 5.86. The second-order valence-corrected chi connectivity index (χ2v) is 9.79. The molecule has 0 aromatic heterocycles. The molecule has 5 amide bonds. The quantitative estimate of drug-likeness (QED) is 0.0720. The van der Waals surface area contributed by atoms with Gasteiger partial charge in [-0.2, -0.15) is 0 Å². The third-order valence-electron chi connectivity index (χ3n) is 5.78. The van der Waals surface area contributed by atoms with Crippen molar-refractivity contribution in [3.05, 3.63) is 0 Å². The monoisotopic (exact) mass is 620 g/mol. The second-order valence-electron chi connectivity index (χ2n) is 9.79. The Morgan fingerprint density at radius 3 is 1.70 bits per heavy atom. The lowest BCUT2D eigenvalue weighted by Crippen LogP contribution is -2.58. The number of carbonyl (C=O) groups excluding carboxylic acids is 5. The van der Waals surface area contributed by atoms with Crippen LogP contribution in [0.2, 0.25) is 0 Å². The average molecular weight is 621 g/mol. The summed E-state index contributed by atoms with van der Waals surface area (Å²) in [5.41, 5.74) is 5.66. The molecule has 5 atom stereocenters. The molecule has 0 aromatic rings. The molecular formula is C25H44N6O12. The Bertz CT molecular complexity index is 986. The Balaban J connectivity index is 0. The smallest absolute Gasteiger partial charge is 0.326 e. The van der Waals surface area contributed by atoms with Gasteiger partial charge in [0.25, 0.3) is 5.97 Å². The van der Waals surface area contributed by atoms with Crippen molar-refractivity contribution in [1.29, 1.82) is 0 Å². The van der Waals surface area contributed by atoms with E-state index < -0.39 is 110 Å². The third-order valence-corrected chi connectivity index (χ3v) is 5.78. The Morgan fingerprint density at radius 1 is 0.744 bits per heavy atom. The summed E-state index contributed by atoms with van der Waals surface area (Å²) >= 11 is 0. The van der Waals surface area contributed by atoms with Crippen molar-refractivity contribution in [2.24, 2.45) is 17.6 Å². The van der Waals surface area contributed by atoms with Crippen molar-refractivity contribution in [1.82, 2.24) is 26.6 Å². The Labute approximate surface area is 248 Å². The zero-order valence-electron chi connectivity index (χ0n) is 24.8. The van der Waals surface area contributed by atoms with Crippen LogP contribution in [0.4, 0.5) is 0 Å². The highest BCUT2D eigenvalue weighted by Gasteiger charge is 2.31. The topological polar surface area (TPSA) is 304 Å². The number of carboxylic acids is 3. The van der Waals surface area contributed by atoms with Gasteiger partial charge in [0.2, 0.25) is 29.5 Å². The van der Waals surface area contributed by atoms with E-state index >= 15 is 0 Å². The molecule has 0 saturated heterocycles. The van der Waals surface area contributed by atoms with Crippen LogP contribution in [-0.2, 0) is 38.4 Å². The summed E-state index contributed by atoms with van der Waals surface area (Å²) < 4.78 is 0. The predicted molar refractivity (Wildman–Crippen MR) is 149 cm³/mol. The van der Waals surface area contributed by atoms with Crippen LogP contribution in [-0.4, -0.2) is 112 Å². The molecule has 18 nitrogen and oxygen atoms in total. The van der Waals surface area contributed by atoms with Crippen molar-refractivity contribution in [3.8, 4) is 0 Å². The number of aliphatic carboxylic acids is 3. The van der Waals surface area contributed by atoms with Gasteiger partial charge in [-0.05, 0) is 18.3 Å². The van der Waals surface area contributed by atoms with Gasteiger partial charge in [0.1, 0.15) is 18.1 Å². The minimum atomic E-state index is -1.58. The van der Waals surface area contributed by atoms with E-state index in [0.29, 0.717) is 6.42 Å². The van der Waals surface area contributed by atoms with Crippen molar-refractivity contribution >= 4 is 47.4 Å². The number of amides is 5. The third kappa shape index (κ3) is 18.7. The lowest BCUT2D eigenvalue weighted by atomic mass is 9.98. The van der Waals surface area contributed by atoms with Gasteiger partial charge in [0, 0.05) is 13.3 Å². The molecule has 0 aliphatic carbocycles. The van der Waals surface area contributed by atoms with Crippen molar-refractivity contribution in [3.63, 3.8) is 0 Å². The predicted octanol–water partition coefficient (Wildman–Crippen LogP) is -3.26. The Kier molecular flexibility index (Phi) is 20.3. The molecule has 0 spiro atoms. The van der Waals surface area contributed by atoms with E-state index in [2.05, 4.69) is 26.6 Å². The summed E-state index contributed by atoms with van der Waals surface area (Å²) in [7, 11) is 0. The SMILES string of the molecule is CC(=O)O.CCC(C)C(NC(=O)C(CCC(=O)O)NC(=O)C(CO)NC(=O)CNC(=O)CNC(=O)C(N)C(C)C)C(=O)O. The van der Waals surface area contributed by atoms with Crippen LogP contribution in [0.1, 0.15) is 53.9 Å². The van der Waals surface area contributed by atoms with Crippen molar-refractivity contribution in [2.75, 3.05) is 19.7 Å². The molecule has 246 valence electrons. The van der Waals surface area contributed by atoms with E-state index in [1.165, 1.54) is 0 Å². The summed E-state index contributed by atoms with van der Waals surface area (Å²) in [6, 6.07) is -5.18. The molecule has 0 fully saturated rings. The standard InChI is InChI=1S/C23H40N6O10.C2H4O2/c1-5-12(4)19(23(38)39)29-20(35)13(6-7-17(33)34)28-21(36)14(10-30)27-16(32)9-25-15(31)8-26-22(37)18(24)11(2)3;1-2(3)4/h11-14,18-19,30H,5-10,24H2,1-4H3,(H,25,31)(H,26,37)(H,27,32)(H,28,36)(H,29,35)(H,33,34)(H,38,39);1H3,(H,3,4). The van der Waals surface area contributed by atoms with Crippen LogP contribution in [0.3, 0.4) is 0 Å². The fourth-order valence-corrected chi connectivity index (χ4v) is 3.01.